The molecule has 9 heteroatoms. The fourth-order valence-electron chi connectivity index (χ4n) is 2.52. The molecule has 0 spiro atoms. The third kappa shape index (κ3) is 2.95. The molecule has 1 fully saturated rings. The van der Waals surface area contributed by atoms with E-state index in [0.717, 1.165) is 16.4 Å². The van der Waals surface area contributed by atoms with E-state index in [0.29, 0.717) is 12.5 Å². The van der Waals surface area contributed by atoms with Gasteiger partial charge in [0.2, 0.25) is 10.0 Å². The summed E-state index contributed by atoms with van der Waals surface area (Å²) < 4.78 is 63.7. The smallest absolute Gasteiger partial charge is 0.416 e. The van der Waals surface area contributed by atoms with Crippen molar-refractivity contribution in [1.82, 2.24) is 4.31 Å². The van der Waals surface area contributed by atoms with Crippen LogP contribution in [0.3, 0.4) is 0 Å². The summed E-state index contributed by atoms with van der Waals surface area (Å²) in [5.41, 5.74) is -1.01. The highest BCUT2D eigenvalue weighted by Crippen LogP contribution is 2.33. The molecule has 1 saturated heterocycles. The molecular formula is C13H14F3NO4S. The minimum atomic E-state index is -4.57. The number of hydrogen-bond donors (Lipinski definition) is 1. The molecule has 122 valence electrons. The van der Waals surface area contributed by atoms with Gasteiger partial charge in [0.25, 0.3) is 0 Å². The molecule has 22 heavy (non-hydrogen) atoms. The maximum absolute atomic E-state index is 12.6. The average Bonchev–Trinajstić information content (AvgIpc) is 2.87. The molecule has 0 bridgehead atoms. The highest BCUT2D eigenvalue weighted by Gasteiger charge is 2.40. The first-order valence-corrected chi connectivity index (χ1v) is 7.91. The lowest BCUT2D eigenvalue weighted by Crippen LogP contribution is -2.40. The van der Waals surface area contributed by atoms with Crippen molar-refractivity contribution < 1.29 is 31.5 Å². The van der Waals surface area contributed by atoms with E-state index in [-0.39, 0.29) is 23.4 Å². The van der Waals surface area contributed by atoms with Gasteiger partial charge in [-0.1, -0.05) is 0 Å². The van der Waals surface area contributed by atoms with Gasteiger partial charge in [-0.05, 0) is 43.5 Å². The van der Waals surface area contributed by atoms with Gasteiger partial charge in [0.05, 0.1) is 10.5 Å². The second-order valence-electron chi connectivity index (χ2n) is 5.09. The zero-order chi connectivity index (χ0) is 16.7. The van der Waals surface area contributed by atoms with Crippen molar-refractivity contribution in [3.63, 3.8) is 0 Å². The molecule has 0 unspecified atom stereocenters. The van der Waals surface area contributed by atoms with Gasteiger partial charge in [0.15, 0.2) is 0 Å². The lowest BCUT2D eigenvalue weighted by molar-refractivity contribution is -0.140. The minimum Gasteiger partial charge on any atom is -0.480 e. The summed E-state index contributed by atoms with van der Waals surface area (Å²) in [7, 11) is -4.14. The number of benzene rings is 1. The lowest BCUT2D eigenvalue weighted by atomic mass is 10.1. The lowest BCUT2D eigenvalue weighted by Gasteiger charge is -2.22. The van der Waals surface area contributed by atoms with Crippen molar-refractivity contribution in [3.8, 4) is 0 Å². The maximum Gasteiger partial charge on any atom is 0.416 e. The predicted molar refractivity (Wildman–Crippen MR) is 70.7 cm³/mol. The Hall–Kier alpha value is -1.61. The van der Waals surface area contributed by atoms with Crippen LogP contribution >= 0.6 is 0 Å². The van der Waals surface area contributed by atoms with E-state index in [9.17, 15) is 26.4 Å². The van der Waals surface area contributed by atoms with Gasteiger partial charge in [-0.2, -0.15) is 17.5 Å². The van der Waals surface area contributed by atoms with Crippen molar-refractivity contribution in [2.24, 2.45) is 0 Å². The largest absolute Gasteiger partial charge is 0.480 e. The van der Waals surface area contributed by atoms with Gasteiger partial charge in [0, 0.05) is 6.54 Å². The fourth-order valence-corrected chi connectivity index (χ4v) is 4.37. The first-order valence-electron chi connectivity index (χ1n) is 6.47. The van der Waals surface area contributed by atoms with Gasteiger partial charge < -0.3 is 5.11 Å². The second-order valence-corrected chi connectivity index (χ2v) is 6.95. The van der Waals surface area contributed by atoms with E-state index in [4.69, 9.17) is 5.11 Å². The number of halogens is 3. The number of carboxylic acids is 1. The zero-order valence-corrected chi connectivity index (χ0v) is 12.4. The van der Waals surface area contributed by atoms with Crippen LogP contribution in [0.15, 0.2) is 23.1 Å². The van der Waals surface area contributed by atoms with Crippen LogP contribution in [0.4, 0.5) is 13.2 Å². The number of alkyl halides is 3. The van der Waals surface area contributed by atoms with Gasteiger partial charge in [-0.3, -0.25) is 4.79 Å². The zero-order valence-electron chi connectivity index (χ0n) is 11.6. The summed E-state index contributed by atoms with van der Waals surface area (Å²) in [6.45, 7) is 1.30. The predicted octanol–water partition coefficient (Wildman–Crippen LogP) is 2.25. The van der Waals surface area contributed by atoms with Crippen molar-refractivity contribution in [1.29, 1.82) is 0 Å². The van der Waals surface area contributed by atoms with E-state index in [1.807, 2.05) is 0 Å². The van der Waals surface area contributed by atoms with E-state index in [1.165, 1.54) is 6.92 Å². The summed E-state index contributed by atoms with van der Waals surface area (Å²) in [5.74, 6) is -1.26. The van der Waals surface area contributed by atoms with Crippen LogP contribution in [-0.4, -0.2) is 36.4 Å². The summed E-state index contributed by atoms with van der Waals surface area (Å²) in [4.78, 5) is 10.8. The number of hydrogen-bond acceptors (Lipinski definition) is 3. The van der Waals surface area contributed by atoms with Gasteiger partial charge in [-0.25, -0.2) is 8.42 Å². The molecule has 1 aromatic carbocycles. The second kappa shape index (κ2) is 5.54. The third-order valence-electron chi connectivity index (χ3n) is 3.58. The fraction of sp³-hybridized carbons (Fsp3) is 0.462. The third-order valence-corrected chi connectivity index (χ3v) is 5.65. The first kappa shape index (κ1) is 16.8. The molecule has 1 aromatic rings. The minimum absolute atomic E-state index is 0.0414. The Labute approximate surface area is 125 Å². The topological polar surface area (TPSA) is 74.7 Å². The van der Waals surface area contributed by atoms with Crippen molar-refractivity contribution in [3.05, 3.63) is 29.3 Å². The monoisotopic (exact) mass is 337 g/mol. The van der Waals surface area contributed by atoms with Crippen molar-refractivity contribution in [2.75, 3.05) is 6.54 Å². The van der Waals surface area contributed by atoms with E-state index in [1.54, 1.807) is 0 Å². The van der Waals surface area contributed by atoms with E-state index < -0.39 is 33.8 Å². The van der Waals surface area contributed by atoms with Crippen molar-refractivity contribution in [2.45, 2.75) is 36.9 Å². The number of nitrogens with zero attached hydrogens (tertiary/aromatic N) is 1. The first-order chi connectivity index (χ1) is 10.0. The molecule has 1 aliphatic heterocycles. The number of carboxylic acid groups (broad SMARTS) is 1. The van der Waals surface area contributed by atoms with Crippen LogP contribution in [0.25, 0.3) is 0 Å². The summed E-state index contributed by atoms with van der Waals surface area (Å²) in [6, 6.07) is 1.14. The molecule has 0 saturated carbocycles. The Balaban J connectivity index is 2.44. The number of aryl methyl sites for hydroxylation is 1. The van der Waals surface area contributed by atoms with Crippen LogP contribution in [0.5, 0.6) is 0 Å². The Morgan fingerprint density at radius 1 is 1.36 bits per heavy atom. The molecule has 0 radical (unpaired) electrons. The maximum atomic E-state index is 12.6. The SMILES string of the molecule is Cc1cc(C(F)(F)F)ccc1S(=O)(=O)N1CCC[C@H]1C(=O)O. The van der Waals surface area contributed by atoms with Crippen LogP contribution in [0.1, 0.15) is 24.0 Å². The van der Waals surface area contributed by atoms with Crippen LogP contribution in [0.2, 0.25) is 0 Å². The van der Waals surface area contributed by atoms with Gasteiger partial charge in [0.1, 0.15) is 6.04 Å². The molecular weight excluding hydrogens is 323 g/mol. The Bertz CT molecular complexity index is 700. The molecule has 1 N–H and O–H groups in total. The van der Waals surface area contributed by atoms with E-state index in [2.05, 4.69) is 0 Å². The van der Waals surface area contributed by atoms with Crippen LogP contribution in [-0.2, 0) is 21.0 Å². The highest BCUT2D eigenvalue weighted by molar-refractivity contribution is 7.89. The Morgan fingerprint density at radius 3 is 2.50 bits per heavy atom. The van der Waals surface area contributed by atoms with Gasteiger partial charge in [-0.15, -0.1) is 0 Å². The summed E-state index contributed by atoms with van der Waals surface area (Å²) in [6.07, 6.45) is -3.98. The molecule has 5 nitrogen and oxygen atoms in total. The molecule has 1 heterocycles. The summed E-state index contributed by atoms with van der Waals surface area (Å²) in [5, 5.41) is 9.06. The number of aliphatic carboxylic acids is 1. The van der Waals surface area contributed by atoms with Crippen LogP contribution < -0.4 is 0 Å². The molecule has 0 aromatic heterocycles. The molecule has 1 aliphatic rings. The quantitative estimate of drug-likeness (QED) is 0.918. The normalized spacial score (nSPS) is 20.3. The highest BCUT2D eigenvalue weighted by atomic mass is 32.2. The van der Waals surface area contributed by atoms with E-state index >= 15 is 0 Å². The van der Waals surface area contributed by atoms with Gasteiger partial charge >= 0.3 is 12.1 Å². The molecule has 1 atom stereocenters. The molecule has 2 rings (SSSR count). The average molecular weight is 337 g/mol. The Kier molecular flexibility index (Phi) is 4.22. The Morgan fingerprint density at radius 2 is 2.00 bits per heavy atom. The number of carbonyl (C=O) groups is 1. The standard InChI is InChI=1S/C13H14F3NO4S/c1-8-7-9(13(14,15)16)4-5-11(8)22(20,21)17-6-2-3-10(17)12(18)19/h4-5,7,10H,2-3,6H2,1H3,(H,18,19)/t10-/m0/s1. The van der Waals surface area contributed by atoms with Crippen LogP contribution in [0, 0.1) is 6.92 Å². The number of sulfonamides is 1. The summed E-state index contributed by atoms with van der Waals surface area (Å²) >= 11 is 0. The molecule has 0 aliphatic carbocycles. The van der Waals surface area contributed by atoms with Crippen molar-refractivity contribution >= 4 is 16.0 Å². The molecule has 0 amide bonds. The number of rotatable bonds is 3.